The van der Waals surface area contributed by atoms with Gasteiger partial charge in [-0.1, -0.05) is 29.3 Å². The highest BCUT2D eigenvalue weighted by molar-refractivity contribution is 6.40. The maximum absolute atomic E-state index is 12.5. The van der Waals surface area contributed by atoms with Gasteiger partial charge in [-0.3, -0.25) is 19.3 Å². The fraction of sp³-hybridized carbons (Fsp3) is 0.300. The summed E-state index contributed by atoms with van der Waals surface area (Å²) in [4.78, 5) is 31.6. The third-order valence-electron chi connectivity index (χ3n) is 5.03. The average Bonchev–Trinajstić information content (AvgIpc) is 3.03. The van der Waals surface area contributed by atoms with Crippen molar-refractivity contribution in [3.63, 3.8) is 0 Å². The average molecular weight is 462 g/mol. The molecule has 0 aliphatic carbocycles. The second kappa shape index (κ2) is 9.51. The number of carbonyl (C=O) groups excluding carboxylic acids is 1. The van der Waals surface area contributed by atoms with Gasteiger partial charge in [0, 0.05) is 12.4 Å². The van der Waals surface area contributed by atoms with Gasteiger partial charge in [0.05, 0.1) is 33.7 Å². The van der Waals surface area contributed by atoms with E-state index < -0.39 is 11.5 Å². The van der Waals surface area contributed by atoms with Gasteiger partial charge >= 0.3 is 0 Å². The Bertz CT molecular complexity index is 1120. The molecule has 9 nitrogen and oxygen atoms in total. The van der Waals surface area contributed by atoms with Crippen molar-refractivity contribution in [2.24, 2.45) is 0 Å². The van der Waals surface area contributed by atoms with E-state index in [1.807, 2.05) is 10.9 Å². The molecule has 4 N–H and O–H groups in total. The SMILES string of the molecule is O=C(Nc1c(Cl)cccc1Cl)c1cnc(Nc2cnn(C3CCCNCC3)c2)[nH]c1=O. The van der Waals surface area contributed by atoms with Crippen LogP contribution < -0.4 is 21.5 Å². The van der Waals surface area contributed by atoms with Crippen molar-refractivity contribution in [1.82, 2.24) is 25.1 Å². The van der Waals surface area contributed by atoms with Gasteiger partial charge in [0.2, 0.25) is 5.95 Å². The lowest BCUT2D eigenvalue weighted by Crippen LogP contribution is -2.24. The first-order valence-corrected chi connectivity index (χ1v) is 10.6. The van der Waals surface area contributed by atoms with Gasteiger partial charge in [0.25, 0.3) is 11.5 Å². The number of para-hydroxylation sites is 1. The van der Waals surface area contributed by atoms with Crippen LogP contribution in [-0.4, -0.2) is 38.7 Å². The maximum Gasteiger partial charge on any atom is 0.265 e. The van der Waals surface area contributed by atoms with E-state index in [9.17, 15) is 9.59 Å². The third-order valence-corrected chi connectivity index (χ3v) is 5.66. The molecule has 0 bridgehead atoms. The molecule has 1 amide bonds. The summed E-state index contributed by atoms with van der Waals surface area (Å²) in [6.07, 6.45) is 7.93. The first-order valence-electron chi connectivity index (χ1n) is 9.88. The molecule has 0 spiro atoms. The highest BCUT2D eigenvalue weighted by Crippen LogP contribution is 2.30. The summed E-state index contributed by atoms with van der Waals surface area (Å²) in [5.74, 6) is -0.454. The Hall–Kier alpha value is -2.88. The van der Waals surface area contributed by atoms with E-state index in [0.29, 0.717) is 11.7 Å². The van der Waals surface area contributed by atoms with Crippen molar-refractivity contribution in [2.75, 3.05) is 23.7 Å². The van der Waals surface area contributed by atoms with Crippen molar-refractivity contribution in [3.8, 4) is 0 Å². The van der Waals surface area contributed by atoms with Crippen LogP contribution in [0.1, 0.15) is 35.7 Å². The van der Waals surface area contributed by atoms with Crippen molar-refractivity contribution in [1.29, 1.82) is 0 Å². The molecular formula is C20H21Cl2N7O2. The van der Waals surface area contributed by atoms with Crippen LogP contribution in [0.2, 0.25) is 10.0 Å². The number of anilines is 3. The van der Waals surface area contributed by atoms with E-state index >= 15 is 0 Å². The summed E-state index contributed by atoms with van der Waals surface area (Å²) in [5, 5.41) is 13.9. The minimum absolute atomic E-state index is 0.164. The van der Waals surface area contributed by atoms with Gasteiger partial charge in [-0.25, -0.2) is 4.98 Å². The standard InChI is InChI=1S/C20H21Cl2N7O2/c21-15-4-1-5-16(22)17(15)27-18(30)14-10-24-20(28-19(14)31)26-12-9-25-29(11-12)13-3-2-7-23-8-6-13/h1,4-5,9-11,13,23H,2-3,6-8H2,(H,27,30)(H2,24,26,28,31). The predicted octanol–water partition coefficient (Wildman–Crippen LogP) is 3.58. The number of nitrogens with one attached hydrogen (secondary N) is 4. The molecule has 162 valence electrons. The number of aromatic amines is 1. The number of hydrogen-bond acceptors (Lipinski definition) is 6. The van der Waals surface area contributed by atoms with Gasteiger partial charge < -0.3 is 16.0 Å². The lowest BCUT2D eigenvalue weighted by atomic mass is 10.1. The Morgan fingerprint density at radius 3 is 2.74 bits per heavy atom. The van der Waals surface area contributed by atoms with Crippen LogP contribution in [0.25, 0.3) is 0 Å². The lowest BCUT2D eigenvalue weighted by molar-refractivity contribution is 0.102. The summed E-state index contributed by atoms with van der Waals surface area (Å²) >= 11 is 12.1. The van der Waals surface area contributed by atoms with Crippen molar-refractivity contribution < 1.29 is 4.79 Å². The number of carbonyl (C=O) groups is 1. The molecule has 1 aliphatic heterocycles. The Labute approximate surface area is 188 Å². The number of rotatable bonds is 5. The highest BCUT2D eigenvalue weighted by atomic mass is 35.5. The zero-order chi connectivity index (χ0) is 21.8. The van der Waals surface area contributed by atoms with Crippen LogP contribution in [0.5, 0.6) is 0 Å². The van der Waals surface area contributed by atoms with Gasteiger partial charge in [0.1, 0.15) is 5.56 Å². The van der Waals surface area contributed by atoms with Crippen molar-refractivity contribution in [3.05, 3.63) is 62.8 Å². The summed E-state index contributed by atoms with van der Waals surface area (Å²) in [5.41, 5.74) is 0.169. The van der Waals surface area contributed by atoms with E-state index in [1.54, 1.807) is 24.4 Å². The largest absolute Gasteiger partial charge is 0.323 e. The van der Waals surface area contributed by atoms with Crippen LogP contribution in [0.4, 0.5) is 17.3 Å². The number of benzene rings is 1. The van der Waals surface area contributed by atoms with E-state index in [0.717, 1.165) is 32.4 Å². The van der Waals surface area contributed by atoms with Crippen molar-refractivity contribution in [2.45, 2.75) is 25.3 Å². The molecule has 1 unspecified atom stereocenters. The predicted molar refractivity (Wildman–Crippen MR) is 121 cm³/mol. The van der Waals surface area contributed by atoms with Crippen LogP contribution >= 0.6 is 23.2 Å². The molecule has 11 heteroatoms. The van der Waals surface area contributed by atoms with Crippen molar-refractivity contribution >= 4 is 46.4 Å². The summed E-state index contributed by atoms with van der Waals surface area (Å²) in [6.45, 7) is 1.99. The molecule has 1 aromatic carbocycles. The third kappa shape index (κ3) is 5.07. The molecule has 3 heterocycles. The summed E-state index contributed by atoms with van der Waals surface area (Å²) in [6, 6.07) is 5.17. The summed E-state index contributed by atoms with van der Waals surface area (Å²) < 4.78 is 1.93. The smallest absolute Gasteiger partial charge is 0.265 e. The molecule has 1 atom stereocenters. The molecule has 1 aliphatic rings. The minimum Gasteiger partial charge on any atom is -0.323 e. The molecule has 1 fully saturated rings. The number of hydrogen-bond donors (Lipinski definition) is 4. The van der Waals surface area contributed by atoms with E-state index in [4.69, 9.17) is 23.2 Å². The van der Waals surface area contributed by atoms with Gasteiger partial charge in [-0.2, -0.15) is 5.10 Å². The Balaban J connectivity index is 1.45. The van der Waals surface area contributed by atoms with E-state index in [1.165, 1.54) is 6.20 Å². The minimum atomic E-state index is -0.662. The van der Waals surface area contributed by atoms with Crippen LogP contribution in [-0.2, 0) is 0 Å². The Morgan fingerprint density at radius 1 is 1.16 bits per heavy atom. The quantitative estimate of drug-likeness (QED) is 0.461. The topological polar surface area (TPSA) is 117 Å². The number of H-pyrrole nitrogens is 1. The molecule has 3 aromatic rings. The second-order valence-corrected chi connectivity index (χ2v) is 8.01. The first-order chi connectivity index (χ1) is 15.0. The summed E-state index contributed by atoms with van der Waals surface area (Å²) in [7, 11) is 0. The zero-order valence-corrected chi connectivity index (χ0v) is 18.0. The van der Waals surface area contributed by atoms with Gasteiger partial charge in [0.15, 0.2) is 0 Å². The molecule has 1 saturated heterocycles. The first kappa shape index (κ1) is 21.4. The Morgan fingerprint density at radius 2 is 1.97 bits per heavy atom. The maximum atomic E-state index is 12.5. The van der Waals surface area contributed by atoms with Crippen LogP contribution in [0, 0.1) is 0 Å². The normalized spacial score (nSPS) is 16.5. The number of aromatic nitrogens is 4. The van der Waals surface area contributed by atoms with Crippen LogP contribution in [0.15, 0.2) is 41.6 Å². The number of amides is 1. The molecule has 0 radical (unpaired) electrons. The fourth-order valence-electron chi connectivity index (χ4n) is 3.42. The molecule has 31 heavy (non-hydrogen) atoms. The fourth-order valence-corrected chi connectivity index (χ4v) is 3.91. The number of halogens is 2. The highest BCUT2D eigenvalue weighted by Gasteiger charge is 2.17. The van der Waals surface area contributed by atoms with E-state index in [-0.39, 0.29) is 27.2 Å². The monoisotopic (exact) mass is 461 g/mol. The number of nitrogens with zero attached hydrogens (tertiary/aromatic N) is 3. The second-order valence-electron chi connectivity index (χ2n) is 7.19. The lowest BCUT2D eigenvalue weighted by Gasteiger charge is -2.13. The molecular weight excluding hydrogens is 441 g/mol. The molecule has 0 saturated carbocycles. The van der Waals surface area contributed by atoms with Gasteiger partial charge in [-0.15, -0.1) is 0 Å². The van der Waals surface area contributed by atoms with Crippen LogP contribution in [0.3, 0.4) is 0 Å². The van der Waals surface area contributed by atoms with Gasteiger partial charge in [-0.05, 0) is 44.5 Å². The van der Waals surface area contributed by atoms with E-state index in [2.05, 4.69) is 31.0 Å². The Kier molecular flexibility index (Phi) is 6.55. The molecule has 2 aromatic heterocycles. The zero-order valence-electron chi connectivity index (χ0n) is 16.5. The molecule has 4 rings (SSSR count).